The van der Waals surface area contributed by atoms with Gasteiger partial charge in [-0.05, 0) is 25.9 Å². The van der Waals surface area contributed by atoms with Crippen LogP contribution in [-0.2, 0) is 16.6 Å². The van der Waals surface area contributed by atoms with Gasteiger partial charge in [-0.1, -0.05) is 6.92 Å². The van der Waals surface area contributed by atoms with Crippen LogP contribution in [0, 0.1) is 0 Å². The Kier molecular flexibility index (Phi) is 4.56. The first-order chi connectivity index (χ1) is 9.08. The number of nitrogens with zero attached hydrogens (tertiary/aromatic N) is 2. The maximum absolute atomic E-state index is 12.2. The van der Waals surface area contributed by atoms with Crippen molar-refractivity contribution in [1.29, 1.82) is 0 Å². The lowest BCUT2D eigenvalue weighted by atomic mass is 10.2. The van der Waals surface area contributed by atoms with Crippen LogP contribution in [0.3, 0.4) is 0 Å². The summed E-state index contributed by atoms with van der Waals surface area (Å²) < 4.78 is 27.0. The van der Waals surface area contributed by atoms with Gasteiger partial charge in [0.1, 0.15) is 0 Å². The molecule has 1 aliphatic rings. The molecule has 0 aliphatic carbocycles. The lowest BCUT2D eigenvalue weighted by Gasteiger charge is -2.22. The first-order valence-corrected chi connectivity index (χ1v) is 8.02. The summed E-state index contributed by atoms with van der Waals surface area (Å²) in [6.07, 6.45) is 3.60. The lowest BCUT2D eigenvalue weighted by Crippen LogP contribution is -2.40. The molecule has 0 spiro atoms. The van der Waals surface area contributed by atoms with Gasteiger partial charge in [-0.3, -0.25) is 10.00 Å². The molecule has 0 bridgehead atoms. The van der Waals surface area contributed by atoms with E-state index in [1.807, 2.05) is 0 Å². The molecule has 0 aromatic carbocycles. The van der Waals surface area contributed by atoms with E-state index < -0.39 is 10.0 Å². The zero-order valence-corrected chi connectivity index (χ0v) is 11.9. The predicted molar refractivity (Wildman–Crippen MR) is 71.9 cm³/mol. The van der Waals surface area contributed by atoms with E-state index in [0.29, 0.717) is 12.1 Å². The minimum atomic E-state index is -3.55. The van der Waals surface area contributed by atoms with Crippen molar-refractivity contribution in [2.45, 2.75) is 37.4 Å². The minimum absolute atomic E-state index is 0.0797. The van der Waals surface area contributed by atoms with Gasteiger partial charge in [-0.15, -0.1) is 0 Å². The number of likely N-dealkylation sites (N-methyl/N-ethyl adjacent to an activating group) is 1. The Balaban J connectivity index is 2.02. The summed E-state index contributed by atoms with van der Waals surface area (Å²) in [5.41, 5.74) is 6.00. The molecule has 1 atom stereocenters. The standard InChI is InChI=1S/C11H21N5O2S/c1-2-16-5-3-4-10(16)8-14-19(17,18)11-9(6-12)7-13-15-11/h7,10,14H,2-6,8,12H2,1H3,(H,13,15). The molecule has 0 amide bonds. The summed E-state index contributed by atoms with van der Waals surface area (Å²) in [4.78, 5) is 2.29. The molecule has 19 heavy (non-hydrogen) atoms. The number of hydrogen-bond acceptors (Lipinski definition) is 5. The first-order valence-electron chi connectivity index (χ1n) is 6.54. The number of aromatic amines is 1. The minimum Gasteiger partial charge on any atom is -0.326 e. The number of likely N-dealkylation sites (tertiary alicyclic amines) is 1. The van der Waals surface area contributed by atoms with Gasteiger partial charge in [0.2, 0.25) is 0 Å². The van der Waals surface area contributed by atoms with Crippen molar-refractivity contribution in [1.82, 2.24) is 19.8 Å². The van der Waals surface area contributed by atoms with Gasteiger partial charge >= 0.3 is 0 Å². The van der Waals surface area contributed by atoms with E-state index in [1.54, 1.807) is 0 Å². The van der Waals surface area contributed by atoms with Crippen LogP contribution in [0.4, 0.5) is 0 Å². The van der Waals surface area contributed by atoms with Gasteiger partial charge < -0.3 is 5.73 Å². The highest BCUT2D eigenvalue weighted by Crippen LogP contribution is 2.17. The third-order valence-electron chi connectivity index (χ3n) is 3.58. The highest BCUT2D eigenvalue weighted by molar-refractivity contribution is 7.89. The number of rotatable bonds is 6. The first kappa shape index (κ1) is 14.4. The van der Waals surface area contributed by atoms with E-state index in [2.05, 4.69) is 26.7 Å². The molecule has 1 aliphatic heterocycles. The van der Waals surface area contributed by atoms with E-state index in [1.165, 1.54) is 6.20 Å². The SMILES string of the molecule is CCN1CCCC1CNS(=O)(=O)c1[nH]ncc1CN. The molecule has 1 saturated heterocycles. The van der Waals surface area contributed by atoms with Crippen LogP contribution < -0.4 is 10.5 Å². The van der Waals surface area contributed by atoms with Gasteiger partial charge in [-0.25, -0.2) is 13.1 Å². The molecule has 2 heterocycles. The molecule has 7 nitrogen and oxygen atoms in total. The Morgan fingerprint density at radius 2 is 2.42 bits per heavy atom. The maximum Gasteiger partial charge on any atom is 0.257 e. The number of sulfonamides is 1. The Bertz CT molecular complexity index is 513. The highest BCUT2D eigenvalue weighted by atomic mass is 32.2. The fraction of sp³-hybridized carbons (Fsp3) is 0.727. The Labute approximate surface area is 113 Å². The second-order valence-electron chi connectivity index (χ2n) is 4.71. The summed E-state index contributed by atoms with van der Waals surface area (Å²) in [5.74, 6) is 0. The summed E-state index contributed by atoms with van der Waals surface area (Å²) in [7, 11) is -3.55. The topological polar surface area (TPSA) is 104 Å². The fourth-order valence-corrected chi connectivity index (χ4v) is 3.71. The molecule has 2 rings (SSSR count). The van der Waals surface area contributed by atoms with Crippen molar-refractivity contribution >= 4 is 10.0 Å². The van der Waals surface area contributed by atoms with Crippen LogP contribution in [0.15, 0.2) is 11.2 Å². The average molecular weight is 287 g/mol. The Hall–Kier alpha value is -0.960. The van der Waals surface area contributed by atoms with Crippen molar-refractivity contribution in [2.24, 2.45) is 5.73 Å². The second kappa shape index (κ2) is 6.00. The molecule has 0 saturated carbocycles. The third kappa shape index (κ3) is 3.14. The molecule has 108 valence electrons. The molecule has 1 unspecified atom stereocenters. The van der Waals surface area contributed by atoms with Crippen LogP contribution in [0.5, 0.6) is 0 Å². The van der Waals surface area contributed by atoms with Crippen molar-refractivity contribution in [3.8, 4) is 0 Å². The number of H-pyrrole nitrogens is 1. The zero-order chi connectivity index (χ0) is 13.9. The van der Waals surface area contributed by atoms with E-state index in [-0.39, 0.29) is 17.6 Å². The number of aromatic nitrogens is 2. The molecule has 1 aromatic heterocycles. The summed E-state index contributed by atoms with van der Waals surface area (Å²) >= 11 is 0. The van der Waals surface area contributed by atoms with E-state index in [4.69, 9.17) is 5.73 Å². The van der Waals surface area contributed by atoms with Crippen molar-refractivity contribution in [2.75, 3.05) is 19.6 Å². The summed E-state index contributed by atoms with van der Waals surface area (Å²) in [6, 6.07) is 0.282. The van der Waals surface area contributed by atoms with Gasteiger partial charge in [0.05, 0.1) is 6.20 Å². The molecule has 1 fully saturated rings. The quantitative estimate of drug-likeness (QED) is 0.662. The molecular formula is C11H21N5O2S. The van der Waals surface area contributed by atoms with Crippen LogP contribution in [0.1, 0.15) is 25.3 Å². The number of nitrogens with two attached hydrogens (primary N) is 1. The van der Waals surface area contributed by atoms with Crippen LogP contribution in [-0.4, -0.2) is 49.2 Å². The van der Waals surface area contributed by atoms with Crippen molar-refractivity contribution < 1.29 is 8.42 Å². The molecule has 4 N–H and O–H groups in total. The van der Waals surface area contributed by atoms with Crippen LogP contribution in [0.2, 0.25) is 0 Å². The Morgan fingerprint density at radius 3 is 3.11 bits per heavy atom. The number of hydrogen-bond donors (Lipinski definition) is 3. The van der Waals surface area contributed by atoms with E-state index >= 15 is 0 Å². The lowest BCUT2D eigenvalue weighted by molar-refractivity contribution is 0.268. The Morgan fingerprint density at radius 1 is 1.63 bits per heavy atom. The smallest absolute Gasteiger partial charge is 0.257 e. The summed E-state index contributed by atoms with van der Waals surface area (Å²) in [6.45, 7) is 4.66. The molecular weight excluding hydrogens is 266 g/mol. The van der Waals surface area contributed by atoms with Crippen LogP contribution in [0.25, 0.3) is 0 Å². The van der Waals surface area contributed by atoms with Crippen LogP contribution >= 0.6 is 0 Å². The van der Waals surface area contributed by atoms with Gasteiger partial charge in [-0.2, -0.15) is 5.10 Å². The van der Waals surface area contributed by atoms with Gasteiger partial charge in [0.15, 0.2) is 5.03 Å². The fourth-order valence-electron chi connectivity index (χ4n) is 2.50. The maximum atomic E-state index is 12.2. The van der Waals surface area contributed by atoms with E-state index in [9.17, 15) is 8.42 Å². The van der Waals surface area contributed by atoms with Crippen molar-refractivity contribution in [3.05, 3.63) is 11.8 Å². The third-order valence-corrected chi connectivity index (χ3v) is 5.02. The van der Waals surface area contributed by atoms with Crippen molar-refractivity contribution in [3.63, 3.8) is 0 Å². The largest absolute Gasteiger partial charge is 0.326 e. The number of nitrogens with one attached hydrogen (secondary N) is 2. The highest BCUT2D eigenvalue weighted by Gasteiger charge is 2.26. The normalized spacial score (nSPS) is 21.1. The second-order valence-corrected chi connectivity index (χ2v) is 6.41. The average Bonchev–Trinajstić information content (AvgIpc) is 3.04. The molecule has 0 radical (unpaired) electrons. The monoisotopic (exact) mass is 287 g/mol. The van der Waals surface area contributed by atoms with Gasteiger partial charge in [0, 0.05) is 24.7 Å². The summed E-state index contributed by atoms with van der Waals surface area (Å²) in [5, 5.41) is 6.32. The van der Waals surface area contributed by atoms with E-state index in [0.717, 1.165) is 25.9 Å². The molecule has 8 heteroatoms. The van der Waals surface area contributed by atoms with Gasteiger partial charge in [0.25, 0.3) is 10.0 Å². The zero-order valence-electron chi connectivity index (χ0n) is 11.1. The molecule has 1 aromatic rings. The predicted octanol–water partition coefficient (Wildman–Crippen LogP) is -0.369.